The van der Waals surface area contributed by atoms with E-state index in [1.165, 1.54) is 25.4 Å². The molecule has 0 fully saturated rings. The van der Waals surface area contributed by atoms with Gasteiger partial charge in [-0.3, -0.25) is 20.1 Å². The molecule has 33 heavy (non-hydrogen) atoms. The Hall–Kier alpha value is -3.33. The van der Waals surface area contributed by atoms with Crippen LogP contribution < -0.4 is 10.6 Å². The third-order valence-corrected chi connectivity index (χ3v) is 5.32. The van der Waals surface area contributed by atoms with E-state index < -0.39 is 24.0 Å². The van der Waals surface area contributed by atoms with Gasteiger partial charge in [0.2, 0.25) is 5.91 Å². The van der Waals surface area contributed by atoms with Crippen molar-refractivity contribution in [2.45, 2.75) is 38.0 Å². The van der Waals surface area contributed by atoms with Crippen molar-refractivity contribution >= 4 is 5.91 Å². The Bertz CT molecular complexity index is 1070. The van der Waals surface area contributed by atoms with Crippen molar-refractivity contribution in [2.75, 3.05) is 7.05 Å². The van der Waals surface area contributed by atoms with E-state index in [0.29, 0.717) is 29.5 Å². The molecule has 3 aromatic rings. The van der Waals surface area contributed by atoms with Gasteiger partial charge in [-0.05, 0) is 60.2 Å². The van der Waals surface area contributed by atoms with Gasteiger partial charge in [-0.25, -0.2) is 4.39 Å². The summed E-state index contributed by atoms with van der Waals surface area (Å²) in [7, 11) is 1.53. The van der Waals surface area contributed by atoms with Crippen LogP contribution in [-0.2, 0) is 17.4 Å². The zero-order chi connectivity index (χ0) is 24.0. The molecule has 0 unspecified atom stereocenters. The number of amides is 1. The first-order valence-corrected chi connectivity index (χ1v) is 10.3. The molecule has 2 N–H and O–H groups in total. The summed E-state index contributed by atoms with van der Waals surface area (Å²) in [5.74, 6) is -0.623. The van der Waals surface area contributed by atoms with Gasteiger partial charge in [0, 0.05) is 31.7 Å². The van der Waals surface area contributed by atoms with Crippen LogP contribution in [-0.4, -0.2) is 22.9 Å². The van der Waals surface area contributed by atoms with E-state index in [1.807, 2.05) is 0 Å². The third-order valence-electron chi connectivity index (χ3n) is 5.32. The van der Waals surface area contributed by atoms with Crippen LogP contribution in [0.2, 0.25) is 0 Å². The number of benzene rings is 1. The summed E-state index contributed by atoms with van der Waals surface area (Å²) >= 11 is 0. The van der Waals surface area contributed by atoms with E-state index in [4.69, 9.17) is 0 Å². The summed E-state index contributed by atoms with van der Waals surface area (Å²) in [6.45, 7) is 1.65. The number of pyridine rings is 2. The minimum atomic E-state index is -4.50. The van der Waals surface area contributed by atoms with Crippen molar-refractivity contribution in [2.24, 2.45) is 0 Å². The first-order valence-electron chi connectivity index (χ1n) is 10.3. The van der Waals surface area contributed by atoms with Crippen molar-refractivity contribution in [3.63, 3.8) is 0 Å². The number of carbonyl (C=O) groups is 1. The lowest BCUT2D eigenvalue weighted by molar-refractivity contribution is -0.141. The van der Waals surface area contributed by atoms with Gasteiger partial charge in [-0.1, -0.05) is 24.3 Å². The van der Waals surface area contributed by atoms with Crippen LogP contribution in [0.25, 0.3) is 0 Å². The molecule has 0 saturated carbocycles. The zero-order valence-electron chi connectivity index (χ0n) is 18.2. The monoisotopic (exact) mass is 460 g/mol. The summed E-state index contributed by atoms with van der Waals surface area (Å²) in [5, 5.41) is 5.94. The number of alkyl halides is 3. The van der Waals surface area contributed by atoms with Gasteiger partial charge in [0.25, 0.3) is 0 Å². The van der Waals surface area contributed by atoms with Gasteiger partial charge in [-0.2, -0.15) is 13.2 Å². The zero-order valence-corrected chi connectivity index (χ0v) is 18.2. The minimum absolute atomic E-state index is 0.275. The first-order chi connectivity index (χ1) is 15.7. The summed E-state index contributed by atoms with van der Waals surface area (Å²) in [4.78, 5) is 20.2. The highest BCUT2D eigenvalue weighted by molar-refractivity contribution is 5.82. The van der Waals surface area contributed by atoms with Crippen LogP contribution in [0, 0.1) is 12.7 Å². The van der Waals surface area contributed by atoms with Gasteiger partial charge < -0.3 is 5.32 Å². The molecule has 2 heterocycles. The van der Waals surface area contributed by atoms with E-state index in [2.05, 4.69) is 20.6 Å². The summed E-state index contributed by atoms with van der Waals surface area (Å²) in [5.41, 5.74) is 1.52. The molecule has 5 nitrogen and oxygen atoms in total. The highest BCUT2D eigenvalue weighted by atomic mass is 19.4. The highest BCUT2D eigenvalue weighted by Crippen LogP contribution is 2.29. The molecular weight excluding hydrogens is 436 g/mol. The molecule has 0 aliphatic carbocycles. The number of carbonyl (C=O) groups excluding carboxylic acids is 1. The van der Waals surface area contributed by atoms with Crippen molar-refractivity contribution in [3.8, 4) is 0 Å². The van der Waals surface area contributed by atoms with Crippen molar-refractivity contribution in [3.05, 3.63) is 94.8 Å². The molecule has 0 bridgehead atoms. The molecular formula is C24H24F4N4O. The Morgan fingerprint density at radius 3 is 2.45 bits per heavy atom. The molecule has 1 aromatic carbocycles. The van der Waals surface area contributed by atoms with Crippen molar-refractivity contribution in [1.29, 1.82) is 0 Å². The smallest absolute Gasteiger partial charge is 0.358 e. The Labute approximate surface area is 189 Å². The number of nitrogens with one attached hydrogen (secondary N) is 2. The lowest BCUT2D eigenvalue weighted by Crippen LogP contribution is -2.38. The molecule has 2 aromatic heterocycles. The van der Waals surface area contributed by atoms with E-state index >= 15 is 0 Å². The fourth-order valence-corrected chi connectivity index (χ4v) is 3.50. The quantitative estimate of drug-likeness (QED) is 0.479. The summed E-state index contributed by atoms with van der Waals surface area (Å²) in [6, 6.07) is 9.39. The van der Waals surface area contributed by atoms with E-state index in [-0.39, 0.29) is 11.7 Å². The number of aromatic nitrogens is 2. The number of halogens is 4. The van der Waals surface area contributed by atoms with Crippen LogP contribution in [0.4, 0.5) is 17.6 Å². The summed E-state index contributed by atoms with van der Waals surface area (Å²) < 4.78 is 52.2. The van der Waals surface area contributed by atoms with E-state index in [0.717, 1.165) is 11.6 Å². The van der Waals surface area contributed by atoms with Crippen LogP contribution in [0.3, 0.4) is 0 Å². The van der Waals surface area contributed by atoms with Crippen molar-refractivity contribution in [1.82, 2.24) is 20.6 Å². The Kier molecular flexibility index (Phi) is 7.75. The van der Waals surface area contributed by atoms with E-state index in [9.17, 15) is 22.4 Å². The second-order valence-corrected chi connectivity index (χ2v) is 7.65. The van der Waals surface area contributed by atoms with E-state index in [1.54, 1.807) is 43.6 Å². The fourth-order valence-electron chi connectivity index (χ4n) is 3.50. The standard InChI is InChI=1S/C24H24F4N4O/c1-15-12-17(7-8-19(15)25)20(9-5-16-6-10-21(31-13-16)24(26,27)28)32-22(23(33)29-2)18-4-3-11-30-14-18/h3-4,6-8,10-14,20,22,32H,5,9H2,1-2H3,(H,29,33)/t20-,22-/m1/s1. The van der Waals surface area contributed by atoms with Crippen LogP contribution in [0.15, 0.2) is 61.1 Å². The van der Waals surface area contributed by atoms with Crippen molar-refractivity contribution < 1.29 is 22.4 Å². The normalized spacial score (nSPS) is 13.4. The highest BCUT2D eigenvalue weighted by Gasteiger charge is 2.32. The maximum absolute atomic E-state index is 13.9. The molecule has 174 valence electrons. The van der Waals surface area contributed by atoms with Crippen LogP contribution in [0.1, 0.15) is 46.5 Å². The van der Waals surface area contributed by atoms with Gasteiger partial charge in [0.15, 0.2) is 0 Å². The van der Waals surface area contributed by atoms with Gasteiger partial charge in [0.1, 0.15) is 17.6 Å². The van der Waals surface area contributed by atoms with Crippen LogP contribution in [0.5, 0.6) is 0 Å². The molecule has 0 aliphatic heterocycles. The molecule has 1 amide bonds. The number of nitrogens with zero attached hydrogens (tertiary/aromatic N) is 2. The number of likely N-dealkylation sites (N-methyl/N-ethyl adjacent to an activating group) is 1. The summed E-state index contributed by atoms with van der Waals surface area (Å²) in [6.07, 6.45) is 0.715. The molecule has 9 heteroatoms. The fraction of sp³-hybridized carbons (Fsp3) is 0.292. The van der Waals surface area contributed by atoms with Crippen LogP contribution >= 0.6 is 0 Å². The molecule has 2 atom stereocenters. The molecule has 0 radical (unpaired) electrons. The number of rotatable bonds is 8. The maximum atomic E-state index is 13.9. The Morgan fingerprint density at radius 1 is 1.09 bits per heavy atom. The molecule has 0 saturated heterocycles. The third kappa shape index (κ3) is 6.35. The van der Waals surface area contributed by atoms with Gasteiger partial charge in [0.05, 0.1) is 0 Å². The lowest BCUT2D eigenvalue weighted by Gasteiger charge is -2.26. The lowest BCUT2D eigenvalue weighted by atomic mass is 9.96. The predicted octanol–water partition coefficient (Wildman–Crippen LogP) is 4.69. The SMILES string of the molecule is CNC(=O)[C@H](N[C@H](CCc1ccc(C(F)(F)F)nc1)c1ccc(F)c(C)c1)c1cccnc1. The Morgan fingerprint density at radius 2 is 1.88 bits per heavy atom. The average Bonchev–Trinajstić information content (AvgIpc) is 2.81. The first kappa shape index (κ1) is 24.3. The molecule has 0 aliphatic rings. The average molecular weight is 460 g/mol. The molecule has 3 rings (SSSR count). The van der Waals surface area contributed by atoms with Gasteiger partial charge in [-0.15, -0.1) is 0 Å². The number of hydrogen-bond acceptors (Lipinski definition) is 4. The number of hydrogen-bond donors (Lipinski definition) is 2. The second-order valence-electron chi connectivity index (χ2n) is 7.65. The Balaban J connectivity index is 1.87. The predicted molar refractivity (Wildman–Crippen MR) is 116 cm³/mol. The minimum Gasteiger partial charge on any atom is -0.358 e. The largest absolute Gasteiger partial charge is 0.433 e. The maximum Gasteiger partial charge on any atom is 0.433 e. The van der Waals surface area contributed by atoms with Gasteiger partial charge >= 0.3 is 6.18 Å². The topological polar surface area (TPSA) is 66.9 Å². The number of aryl methyl sites for hydroxylation is 2. The second kappa shape index (κ2) is 10.5. The molecule has 0 spiro atoms.